The number of carbonyl (C=O) groups excluding carboxylic acids is 1. The van der Waals surface area contributed by atoms with Crippen LogP contribution in [0.1, 0.15) is 19.3 Å². The molecule has 0 radical (unpaired) electrons. The van der Waals surface area contributed by atoms with E-state index >= 15 is 0 Å². The van der Waals surface area contributed by atoms with E-state index in [1.807, 2.05) is 6.07 Å². The molecule has 0 saturated carbocycles. The first-order valence-corrected chi connectivity index (χ1v) is 7.33. The van der Waals surface area contributed by atoms with Gasteiger partial charge in [0.15, 0.2) is 0 Å². The van der Waals surface area contributed by atoms with E-state index in [1.165, 1.54) is 26.3 Å². The van der Waals surface area contributed by atoms with Crippen LogP contribution in [0.3, 0.4) is 0 Å². The van der Waals surface area contributed by atoms with E-state index in [4.69, 9.17) is 10.5 Å². The van der Waals surface area contributed by atoms with Crippen LogP contribution in [0.2, 0.25) is 0 Å². The molecule has 0 aromatic heterocycles. The number of likely N-dealkylation sites (N-methyl/N-ethyl adjacent to an activating group) is 1. The number of rotatable bonds is 4. The van der Waals surface area contributed by atoms with Gasteiger partial charge in [0, 0.05) is 25.7 Å². The number of hydrogen-bond donors (Lipinski definition) is 3. The molecule has 1 aromatic rings. The zero-order valence-electron chi connectivity index (χ0n) is 12.7. The normalized spacial score (nSPS) is 19.0. The summed E-state index contributed by atoms with van der Waals surface area (Å²) in [6.45, 7) is 2.02. The molecule has 0 aliphatic carbocycles. The van der Waals surface area contributed by atoms with Crippen LogP contribution in [0.25, 0.3) is 0 Å². The third-order valence-electron chi connectivity index (χ3n) is 3.89. The number of nitrogens with zero attached hydrogens (tertiary/aromatic N) is 1. The summed E-state index contributed by atoms with van der Waals surface area (Å²) in [5.41, 5.74) is 7.45. The van der Waals surface area contributed by atoms with Crippen LogP contribution in [0, 0.1) is 0 Å². The van der Waals surface area contributed by atoms with Gasteiger partial charge in [0.1, 0.15) is 5.75 Å². The highest BCUT2D eigenvalue weighted by Crippen LogP contribution is 2.25. The maximum atomic E-state index is 11.2. The second-order valence-electron chi connectivity index (χ2n) is 5.40. The molecule has 1 fully saturated rings. The van der Waals surface area contributed by atoms with Gasteiger partial charge in [-0.1, -0.05) is 6.42 Å². The summed E-state index contributed by atoms with van der Waals surface area (Å²) >= 11 is 0. The third-order valence-corrected chi connectivity index (χ3v) is 3.89. The van der Waals surface area contributed by atoms with Gasteiger partial charge in [-0.3, -0.25) is 0 Å². The molecule has 1 aliphatic rings. The number of carbonyl (C=O) groups is 1. The Labute approximate surface area is 125 Å². The monoisotopic (exact) mass is 292 g/mol. The molecule has 1 amide bonds. The molecule has 1 saturated heterocycles. The van der Waals surface area contributed by atoms with Gasteiger partial charge in [0.2, 0.25) is 0 Å². The molecular weight excluding hydrogens is 268 g/mol. The van der Waals surface area contributed by atoms with Crippen molar-refractivity contribution in [2.45, 2.75) is 25.3 Å². The number of likely N-dealkylation sites (tertiary alicyclic amines) is 1. The maximum Gasteiger partial charge on any atom is 0.412 e. The lowest BCUT2D eigenvalue weighted by atomic mass is 10.0. The maximum absolute atomic E-state index is 11.2. The summed E-state index contributed by atoms with van der Waals surface area (Å²) < 4.78 is 5.04. The number of benzene rings is 1. The number of ether oxygens (including phenoxy) is 1. The van der Waals surface area contributed by atoms with Crippen molar-refractivity contribution >= 4 is 17.5 Å². The Hall–Kier alpha value is -1.95. The Bertz CT molecular complexity index is 493. The standard InChI is InChI=1S/C15H24N4O2/c1-17-15(20)21-12-6-7-14(13(16)9-12)18-10-11-5-3-4-8-19(11)2/h6-7,9,11,18H,3-5,8,10,16H2,1-2H3,(H,17,20). The summed E-state index contributed by atoms with van der Waals surface area (Å²) in [4.78, 5) is 13.5. The second kappa shape index (κ2) is 7.17. The first kappa shape index (κ1) is 15.4. The predicted octanol–water partition coefficient (Wildman–Crippen LogP) is 1.88. The van der Waals surface area contributed by atoms with Crippen molar-refractivity contribution in [1.29, 1.82) is 0 Å². The van der Waals surface area contributed by atoms with Gasteiger partial charge in [-0.15, -0.1) is 0 Å². The summed E-state index contributed by atoms with van der Waals surface area (Å²) in [5.74, 6) is 0.437. The molecular formula is C15H24N4O2. The summed E-state index contributed by atoms with van der Waals surface area (Å²) in [6, 6.07) is 5.77. The highest BCUT2D eigenvalue weighted by molar-refractivity contribution is 5.73. The molecule has 1 heterocycles. The number of piperidine rings is 1. The van der Waals surface area contributed by atoms with Crippen molar-refractivity contribution in [2.75, 3.05) is 38.2 Å². The van der Waals surface area contributed by atoms with Crippen LogP contribution >= 0.6 is 0 Å². The lowest BCUT2D eigenvalue weighted by Crippen LogP contribution is -2.40. The first-order valence-electron chi connectivity index (χ1n) is 7.33. The molecule has 1 unspecified atom stereocenters. The van der Waals surface area contributed by atoms with Crippen molar-refractivity contribution in [3.05, 3.63) is 18.2 Å². The van der Waals surface area contributed by atoms with Crippen LogP contribution in [0.4, 0.5) is 16.2 Å². The summed E-state index contributed by atoms with van der Waals surface area (Å²) in [5, 5.41) is 5.78. The minimum Gasteiger partial charge on any atom is -0.410 e. The minimum absolute atomic E-state index is 0.437. The molecule has 6 heteroatoms. The van der Waals surface area contributed by atoms with Crippen molar-refractivity contribution in [2.24, 2.45) is 0 Å². The van der Waals surface area contributed by atoms with E-state index in [-0.39, 0.29) is 0 Å². The topological polar surface area (TPSA) is 79.6 Å². The zero-order valence-corrected chi connectivity index (χ0v) is 12.7. The highest BCUT2D eigenvalue weighted by Gasteiger charge is 2.18. The van der Waals surface area contributed by atoms with Crippen molar-refractivity contribution in [1.82, 2.24) is 10.2 Å². The zero-order chi connectivity index (χ0) is 15.2. The predicted molar refractivity (Wildman–Crippen MR) is 84.7 cm³/mol. The molecule has 0 bridgehead atoms. The molecule has 116 valence electrons. The van der Waals surface area contributed by atoms with Crippen LogP contribution < -0.4 is 21.1 Å². The quantitative estimate of drug-likeness (QED) is 0.738. The molecule has 4 N–H and O–H groups in total. The van der Waals surface area contributed by atoms with E-state index in [2.05, 4.69) is 22.6 Å². The highest BCUT2D eigenvalue weighted by atomic mass is 16.5. The average molecular weight is 292 g/mol. The molecule has 6 nitrogen and oxygen atoms in total. The van der Waals surface area contributed by atoms with E-state index in [9.17, 15) is 4.79 Å². The number of anilines is 2. The van der Waals surface area contributed by atoms with Crippen molar-refractivity contribution < 1.29 is 9.53 Å². The van der Waals surface area contributed by atoms with E-state index < -0.39 is 6.09 Å². The Balaban J connectivity index is 1.92. The van der Waals surface area contributed by atoms with E-state index in [0.717, 1.165) is 18.8 Å². The molecule has 1 atom stereocenters. The number of hydrogen-bond acceptors (Lipinski definition) is 5. The molecule has 0 spiro atoms. The number of nitrogen functional groups attached to an aromatic ring is 1. The summed E-state index contributed by atoms with van der Waals surface area (Å²) in [6.07, 6.45) is 3.27. The molecule has 21 heavy (non-hydrogen) atoms. The van der Waals surface area contributed by atoms with E-state index in [1.54, 1.807) is 12.1 Å². The fourth-order valence-corrected chi connectivity index (χ4v) is 2.55. The fraction of sp³-hybridized carbons (Fsp3) is 0.533. The van der Waals surface area contributed by atoms with Crippen molar-refractivity contribution in [3.8, 4) is 5.75 Å². The largest absolute Gasteiger partial charge is 0.412 e. The average Bonchev–Trinajstić information content (AvgIpc) is 2.48. The van der Waals surface area contributed by atoms with Gasteiger partial charge in [-0.05, 0) is 38.6 Å². The first-order chi connectivity index (χ1) is 10.1. The SMILES string of the molecule is CNC(=O)Oc1ccc(NCC2CCCCN2C)c(N)c1. The minimum atomic E-state index is -0.501. The number of nitrogens with two attached hydrogens (primary N) is 1. The molecule has 2 rings (SSSR count). The van der Waals surface area contributed by atoms with Crippen LogP contribution in [0.15, 0.2) is 18.2 Å². The Kier molecular flexibility index (Phi) is 5.27. The van der Waals surface area contributed by atoms with Gasteiger partial charge < -0.3 is 26.0 Å². The fourth-order valence-electron chi connectivity index (χ4n) is 2.55. The van der Waals surface area contributed by atoms with Gasteiger partial charge in [0.25, 0.3) is 0 Å². The van der Waals surface area contributed by atoms with Gasteiger partial charge in [0.05, 0.1) is 11.4 Å². The van der Waals surface area contributed by atoms with Gasteiger partial charge in [-0.25, -0.2) is 4.79 Å². The van der Waals surface area contributed by atoms with Crippen molar-refractivity contribution in [3.63, 3.8) is 0 Å². The lowest BCUT2D eigenvalue weighted by molar-refractivity contribution is 0.194. The van der Waals surface area contributed by atoms with Crippen LogP contribution in [0.5, 0.6) is 5.75 Å². The summed E-state index contributed by atoms with van der Waals surface area (Å²) in [7, 11) is 3.68. The number of amides is 1. The van der Waals surface area contributed by atoms with E-state index in [0.29, 0.717) is 17.5 Å². The van der Waals surface area contributed by atoms with Gasteiger partial charge >= 0.3 is 6.09 Å². The van der Waals surface area contributed by atoms with Gasteiger partial charge in [-0.2, -0.15) is 0 Å². The Morgan fingerprint density at radius 2 is 2.29 bits per heavy atom. The Morgan fingerprint density at radius 3 is 2.95 bits per heavy atom. The molecule has 1 aliphatic heterocycles. The third kappa shape index (κ3) is 4.26. The smallest absolute Gasteiger partial charge is 0.410 e. The second-order valence-corrected chi connectivity index (χ2v) is 5.40. The molecule has 1 aromatic carbocycles. The lowest BCUT2D eigenvalue weighted by Gasteiger charge is -2.32. The van der Waals surface area contributed by atoms with Crippen LogP contribution in [-0.4, -0.2) is 44.2 Å². The number of nitrogens with one attached hydrogen (secondary N) is 2. The Morgan fingerprint density at radius 1 is 1.48 bits per heavy atom. The van der Waals surface area contributed by atoms with Crippen LogP contribution in [-0.2, 0) is 0 Å².